The first-order chi connectivity index (χ1) is 11.1. The van der Waals surface area contributed by atoms with Crippen LogP contribution in [0.15, 0.2) is 42.5 Å². The lowest BCUT2D eigenvalue weighted by Gasteiger charge is -2.32. The minimum Gasteiger partial charge on any atom is -0.493 e. The van der Waals surface area contributed by atoms with Gasteiger partial charge < -0.3 is 14.6 Å². The van der Waals surface area contributed by atoms with Gasteiger partial charge in [0.2, 0.25) is 5.72 Å². The van der Waals surface area contributed by atoms with Gasteiger partial charge in [-0.1, -0.05) is 30.3 Å². The Morgan fingerprint density at radius 3 is 2.26 bits per heavy atom. The zero-order valence-corrected chi connectivity index (χ0v) is 13.1. The summed E-state index contributed by atoms with van der Waals surface area (Å²) in [4.78, 5) is 18.0. The van der Waals surface area contributed by atoms with E-state index in [2.05, 4.69) is 0 Å². The molecule has 23 heavy (non-hydrogen) atoms. The summed E-state index contributed by atoms with van der Waals surface area (Å²) >= 11 is 0. The average molecular weight is 315 g/mol. The first-order valence-electron chi connectivity index (χ1n) is 7.01. The lowest BCUT2D eigenvalue weighted by atomic mass is 9.94. The van der Waals surface area contributed by atoms with Gasteiger partial charge in [0.1, 0.15) is 0 Å². The predicted molar refractivity (Wildman–Crippen MR) is 82.2 cm³/mol. The van der Waals surface area contributed by atoms with Crippen molar-refractivity contribution in [3.63, 3.8) is 0 Å². The van der Waals surface area contributed by atoms with Crippen LogP contribution in [-0.4, -0.2) is 37.4 Å². The van der Waals surface area contributed by atoms with Gasteiger partial charge in [-0.15, -0.1) is 0 Å². The molecule has 3 rings (SSSR count). The zero-order valence-electron chi connectivity index (χ0n) is 13.1. The quantitative estimate of drug-likeness (QED) is 0.933. The number of aliphatic hydroxyl groups is 1. The number of hydroxylamine groups is 2. The Balaban J connectivity index is 2.31. The van der Waals surface area contributed by atoms with Crippen LogP contribution in [0.1, 0.15) is 21.5 Å². The van der Waals surface area contributed by atoms with E-state index in [0.29, 0.717) is 16.9 Å². The number of benzene rings is 2. The van der Waals surface area contributed by atoms with Crippen molar-refractivity contribution in [2.45, 2.75) is 5.72 Å². The third kappa shape index (κ3) is 1.99. The standard InChI is InChI=1S/C17H17NO5/c1-21-13-10-9-12-14(15(13)22-2)16(19)18(23-3)17(12,20)11-7-5-4-6-8-11/h4-10,20H,1-3H3. The molecular formula is C17H17NO5. The van der Waals surface area contributed by atoms with Gasteiger partial charge in [-0.2, -0.15) is 5.06 Å². The number of methoxy groups -OCH3 is 2. The highest BCUT2D eigenvalue weighted by Gasteiger charge is 2.53. The van der Waals surface area contributed by atoms with Crippen molar-refractivity contribution in [2.24, 2.45) is 0 Å². The molecule has 1 aliphatic heterocycles. The van der Waals surface area contributed by atoms with Gasteiger partial charge >= 0.3 is 0 Å². The lowest BCUT2D eigenvalue weighted by molar-refractivity contribution is -0.223. The molecule has 0 saturated heterocycles. The smallest absolute Gasteiger partial charge is 0.285 e. The van der Waals surface area contributed by atoms with E-state index in [0.717, 1.165) is 5.06 Å². The molecule has 2 aromatic rings. The molecule has 0 aromatic heterocycles. The van der Waals surface area contributed by atoms with E-state index in [4.69, 9.17) is 14.3 Å². The largest absolute Gasteiger partial charge is 0.493 e. The number of hydrogen-bond acceptors (Lipinski definition) is 5. The molecule has 0 spiro atoms. The fourth-order valence-electron chi connectivity index (χ4n) is 2.95. The minimum absolute atomic E-state index is 0.222. The third-order valence-corrected chi connectivity index (χ3v) is 3.97. The van der Waals surface area contributed by atoms with Gasteiger partial charge in [-0.05, 0) is 12.1 Å². The Bertz CT molecular complexity index is 746. The molecule has 1 N–H and O–H groups in total. The van der Waals surface area contributed by atoms with E-state index in [9.17, 15) is 9.90 Å². The van der Waals surface area contributed by atoms with E-state index in [1.54, 1.807) is 36.4 Å². The van der Waals surface area contributed by atoms with Gasteiger partial charge in [0.15, 0.2) is 11.5 Å². The second-order valence-corrected chi connectivity index (χ2v) is 5.04. The number of fused-ring (bicyclic) bond motifs is 1. The van der Waals surface area contributed by atoms with Gasteiger partial charge in [0, 0.05) is 11.1 Å². The molecule has 0 radical (unpaired) electrons. The van der Waals surface area contributed by atoms with Crippen LogP contribution in [0.3, 0.4) is 0 Å². The molecule has 1 aliphatic rings. The molecule has 0 aliphatic carbocycles. The van der Waals surface area contributed by atoms with E-state index >= 15 is 0 Å². The van der Waals surface area contributed by atoms with Crippen molar-refractivity contribution in [2.75, 3.05) is 21.3 Å². The first kappa shape index (κ1) is 15.3. The summed E-state index contributed by atoms with van der Waals surface area (Å²) in [6, 6.07) is 12.1. The van der Waals surface area contributed by atoms with Crippen LogP contribution >= 0.6 is 0 Å². The second-order valence-electron chi connectivity index (χ2n) is 5.04. The van der Waals surface area contributed by atoms with Crippen LogP contribution in [0.2, 0.25) is 0 Å². The Hall–Kier alpha value is -2.57. The van der Waals surface area contributed by atoms with Gasteiger partial charge in [0.05, 0.1) is 26.9 Å². The number of nitrogens with zero attached hydrogens (tertiary/aromatic N) is 1. The fraction of sp³-hybridized carbons (Fsp3) is 0.235. The van der Waals surface area contributed by atoms with Gasteiger partial charge in [-0.25, -0.2) is 0 Å². The predicted octanol–water partition coefficient (Wildman–Crippen LogP) is 1.91. The molecule has 0 fully saturated rings. The van der Waals surface area contributed by atoms with Crippen LogP contribution in [0.25, 0.3) is 0 Å². The zero-order chi connectivity index (χ0) is 16.6. The Labute approximate surface area is 133 Å². The van der Waals surface area contributed by atoms with Crippen LogP contribution in [0.4, 0.5) is 0 Å². The third-order valence-electron chi connectivity index (χ3n) is 3.97. The molecule has 1 atom stereocenters. The molecule has 1 heterocycles. The van der Waals surface area contributed by atoms with Crippen LogP contribution < -0.4 is 9.47 Å². The summed E-state index contributed by atoms with van der Waals surface area (Å²) in [6.07, 6.45) is 0. The van der Waals surface area contributed by atoms with Gasteiger partial charge in [0.25, 0.3) is 5.91 Å². The van der Waals surface area contributed by atoms with Gasteiger partial charge in [-0.3, -0.25) is 9.63 Å². The molecule has 1 amide bonds. The highest BCUT2D eigenvalue weighted by atomic mass is 16.7. The summed E-state index contributed by atoms with van der Waals surface area (Å²) in [5.41, 5.74) is -0.614. The van der Waals surface area contributed by atoms with Crippen molar-refractivity contribution in [1.29, 1.82) is 0 Å². The minimum atomic E-state index is -1.73. The summed E-state index contributed by atoms with van der Waals surface area (Å²) in [6.45, 7) is 0. The topological polar surface area (TPSA) is 68.2 Å². The first-order valence-corrected chi connectivity index (χ1v) is 7.01. The number of carbonyl (C=O) groups is 1. The summed E-state index contributed by atoms with van der Waals surface area (Å²) < 4.78 is 10.6. The van der Waals surface area contributed by atoms with Crippen molar-refractivity contribution in [3.8, 4) is 11.5 Å². The number of rotatable bonds is 4. The fourth-order valence-corrected chi connectivity index (χ4v) is 2.95. The average Bonchev–Trinajstić information content (AvgIpc) is 2.83. The molecule has 1 unspecified atom stereocenters. The Morgan fingerprint density at radius 2 is 1.70 bits per heavy atom. The number of carbonyl (C=O) groups excluding carboxylic acids is 1. The van der Waals surface area contributed by atoms with Crippen molar-refractivity contribution in [3.05, 3.63) is 59.2 Å². The van der Waals surface area contributed by atoms with Crippen LogP contribution in [0.5, 0.6) is 11.5 Å². The highest BCUT2D eigenvalue weighted by Crippen LogP contribution is 2.48. The van der Waals surface area contributed by atoms with Crippen molar-refractivity contribution >= 4 is 5.91 Å². The van der Waals surface area contributed by atoms with Crippen molar-refractivity contribution in [1.82, 2.24) is 5.06 Å². The van der Waals surface area contributed by atoms with E-state index in [-0.39, 0.29) is 11.3 Å². The number of amides is 1. The SMILES string of the molecule is COc1ccc2c(c1OC)C(=O)N(OC)C2(O)c1ccccc1. The van der Waals surface area contributed by atoms with E-state index in [1.165, 1.54) is 21.3 Å². The summed E-state index contributed by atoms with van der Waals surface area (Å²) in [5, 5.41) is 12.3. The molecule has 120 valence electrons. The monoisotopic (exact) mass is 315 g/mol. The normalized spacial score (nSPS) is 19.7. The maximum atomic E-state index is 12.8. The molecule has 0 bridgehead atoms. The summed E-state index contributed by atoms with van der Waals surface area (Å²) in [7, 11) is 4.27. The molecule has 0 saturated carbocycles. The molecule has 6 heteroatoms. The van der Waals surface area contributed by atoms with E-state index in [1.807, 2.05) is 6.07 Å². The Kier molecular flexibility index (Phi) is 3.71. The Morgan fingerprint density at radius 1 is 1.00 bits per heavy atom. The van der Waals surface area contributed by atoms with Crippen LogP contribution in [0, 0.1) is 0 Å². The number of hydrogen-bond donors (Lipinski definition) is 1. The maximum absolute atomic E-state index is 12.8. The van der Waals surface area contributed by atoms with Crippen LogP contribution in [-0.2, 0) is 10.6 Å². The molecule has 2 aromatic carbocycles. The lowest BCUT2D eigenvalue weighted by Crippen LogP contribution is -2.43. The molecule has 6 nitrogen and oxygen atoms in total. The van der Waals surface area contributed by atoms with Crippen molar-refractivity contribution < 1.29 is 24.2 Å². The highest BCUT2D eigenvalue weighted by molar-refractivity contribution is 6.03. The van der Waals surface area contributed by atoms with E-state index < -0.39 is 11.6 Å². The number of ether oxygens (including phenoxy) is 2. The molecular weight excluding hydrogens is 298 g/mol. The maximum Gasteiger partial charge on any atom is 0.285 e. The summed E-state index contributed by atoms with van der Waals surface area (Å²) in [5.74, 6) is 0.182. The second kappa shape index (κ2) is 5.57.